The van der Waals surface area contributed by atoms with E-state index in [0.29, 0.717) is 16.8 Å². The Labute approximate surface area is 189 Å². The van der Waals surface area contributed by atoms with Gasteiger partial charge >= 0.3 is 11.9 Å². The van der Waals surface area contributed by atoms with Gasteiger partial charge in [0.05, 0.1) is 28.6 Å². The number of halogens is 2. The Kier molecular flexibility index (Phi) is 5.83. The summed E-state index contributed by atoms with van der Waals surface area (Å²) in [5.41, 5.74) is 0.304. The van der Waals surface area contributed by atoms with Crippen LogP contribution in [0.2, 0.25) is 0 Å². The zero-order chi connectivity index (χ0) is 24.4. The number of carbonyl (C=O) groups excluding carboxylic acids is 1. The zero-order valence-electron chi connectivity index (χ0n) is 17.0. The number of carbonyl (C=O) groups is 3. The first-order valence-electron chi connectivity index (χ1n) is 9.62. The molecule has 0 spiro atoms. The summed E-state index contributed by atoms with van der Waals surface area (Å²) in [5, 5.41) is 31.4. The number of hydrogen-bond acceptors (Lipinski definition) is 5. The van der Waals surface area contributed by atoms with Crippen LogP contribution in [-0.4, -0.2) is 43.5 Å². The van der Waals surface area contributed by atoms with Crippen molar-refractivity contribution in [1.29, 1.82) is 0 Å². The summed E-state index contributed by atoms with van der Waals surface area (Å²) in [6.07, 6.45) is 1.38. The number of benzene rings is 3. The van der Waals surface area contributed by atoms with E-state index in [4.69, 9.17) is 0 Å². The van der Waals surface area contributed by atoms with Crippen molar-refractivity contribution in [2.24, 2.45) is 0 Å². The number of hydrogen-bond donors (Lipinski definition) is 4. The van der Waals surface area contributed by atoms with Gasteiger partial charge in [-0.25, -0.2) is 18.4 Å². The van der Waals surface area contributed by atoms with Crippen LogP contribution in [0.1, 0.15) is 31.1 Å². The molecule has 3 aromatic carbocycles. The fourth-order valence-electron chi connectivity index (χ4n) is 3.30. The summed E-state index contributed by atoms with van der Waals surface area (Å²) < 4.78 is 26.9. The van der Waals surface area contributed by atoms with E-state index in [1.807, 2.05) is 0 Å². The summed E-state index contributed by atoms with van der Waals surface area (Å²) >= 11 is 0. The van der Waals surface area contributed by atoms with Crippen molar-refractivity contribution in [2.45, 2.75) is 0 Å². The average molecular weight is 464 g/mol. The molecule has 0 aliphatic heterocycles. The van der Waals surface area contributed by atoms with Crippen LogP contribution in [-0.2, 0) is 0 Å². The van der Waals surface area contributed by atoms with Crippen molar-refractivity contribution in [3.63, 3.8) is 0 Å². The topological polar surface area (TPSA) is 145 Å². The molecule has 0 unspecified atom stereocenters. The fourth-order valence-corrected chi connectivity index (χ4v) is 3.30. The minimum Gasteiger partial charge on any atom is -0.478 e. The van der Waals surface area contributed by atoms with E-state index in [2.05, 4.69) is 20.7 Å². The van der Waals surface area contributed by atoms with Crippen LogP contribution < -0.4 is 5.32 Å². The first-order valence-corrected chi connectivity index (χ1v) is 9.62. The van der Waals surface area contributed by atoms with Crippen molar-refractivity contribution in [3.8, 4) is 22.4 Å². The SMILES string of the molecule is O=C(O)c1ccc(-c2ccc(F)c(F)c2)cc1NC(=O)c1ccc(-c2cn[nH]n2)cc1C(=O)O. The molecule has 4 rings (SSSR count). The number of aromatic nitrogens is 3. The van der Waals surface area contributed by atoms with Gasteiger partial charge in [0, 0.05) is 5.56 Å². The van der Waals surface area contributed by atoms with Gasteiger partial charge in [0.2, 0.25) is 0 Å². The monoisotopic (exact) mass is 464 g/mol. The maximum atomic E-state index is 13.7. The highest BCUT2D eigenvalue weighted by Gasteiger charge is 2.21. The second-order valence-electron chi connectivity index (χ2n) is 7.07. The van der Waals surface area contributed by atoms with Gasteiger partial charge in [0.1, 0.15) is 5.69 Å². The maximum Gasteiger partial charge on any atom is 0.337 e. The summed E-state index contributed by atoms with van der Waals surface area (Å²) in [4.78, 5) is 36.4. The van der Waals surface area contributed by atoms with Crippen LogP contribution in [0, 0.1) is 11.6 Å². The van der Waals surface area contributed by atoms with Crippen molar-refractivity contribution in [2.75, 3.05) is 5.32 Å². The van der Waals surface area contributed by atoms with E-state index in [1.165, 1.54) is 48.7 Å². The molecule has 0 aliphatic carbocycles. The number of nitrogens with one attached hydrogen (secondary N) is 2. The molecule has 0 aliphatic rings. The van der Waals surface area contributed by atoms with Crippen LogP contribution in [0.3, 0.4) is 0 Å². The first-order chi connectivity index (χ1) is 16.2. The second kappa shape index (κ2) is 8.90. The molecular formula is C23H14F2N4O5. The maximum absolute atomic E-state index is 13.7. The number of aromatic amines is 1. The molecule has 0 saturated heterocycles. The van der Waals surface area contributed by atoms with Crippen LogP contribution in [0.15, 0.2) is 60.8 Å². The highest BCUT2D eigenvalue weighted by Crippen LogP contribution is 2.28. The number of nitrogens with zero attached hydrogens (tertiary/aromatic N) is 2. The number of aromatic carboxylic acids is 2. The van der Waals surface area contributed by atoms with Gasteiger partial charge < -0.3 is 15.5 Å². The average Bonchev–Trinajstić information content (AvgIpc) is 3.35. The molecule has 1 heterocycles. The summed E-state index contributed by atoms with van der Waals surface area (Å²) in [5.74, 6) is -5.76. The van der Waals surface area contributed by atoms with Gasteiger partial charge in [-0.3, -0.25) is 4.79 Å². The lowest BCUT2D eigenvalue weighted by molar-refractivity contribution is 0.0684. The van der Waals surface area contributed by atoms with Crippen LogP contribution in [0.4, 0.5) is 14.5 Å². The Bertz CT molecular complexity index is 1440. The lowest BCUT2D eigenvalue weighted by Crippen LogP contribution is -2.18. The van der Waals surface area contributed by atoms with E-state index in [9.17, 15) is 33.4 Å². The molecular weight excluding hydrogens is 450 g/mol. The minimum atomic E-state index is -1.38. The van der Waals surface area contributed by atoms with Crippen LogP contribution >= 0.6 is 0 Å². The third-order valence-electron chi connectivity index (χ3n) is 4.96. The molecule has 0 saturated carbocycles. The molecule has 0 fully saturated rings. The van der Waals surface area contributed by atoms with Crippen molar-refractivity contribution in [3.05, 3.63) is 89.1 Å². The number of rotatable bonds is 6. The Morgan fingerprint density at radius 1 is 0.765 bits per heavy atom. The zero-order valence-corrected chi connectivity index (χ0v) is 17.0. The highest BCUT2D eigenvalue weighted by molar-refractivity contribution is 6.13. The van der Waals surface area contributed by atoms with E-state index in [0.717, 1.165) is 12.1 Å². The second-order valence-corrected chi connectivity index (χ2v) is 7.07. The van der Waals surface area contributed by atoms with Crippen molar-refractivity contribution >= 4 is 23.5 Å². The standard InChI is InChI=1S/C23H14F2N4O5/c24-17-6-3-11(8-18(17)25)12-1-5-15(22(31)32)19(9-12)27-21(30)14-4-2-13(7-16(14)23(33)34)20-10-26-29-28-20/h1-10H,(H,27,30)(H,31,32)(H,33,34)(H,26,28,29). The highest BCUT2D eigenvalue weighted by atomic mass is 19.2. The summed E-state index contributed by atoms with van der Waals surface area (Å²) in [7, 11) is 0. The Morgan fingerprint density at radius 2 is 1.41 bits per heavy atom. The Morgan fingerprint density at radius 3 is 2.06 bits per heavy atom. The smallest absolute Gasteiger partial charge is 0.337 e. The lowest BCUT2D eigenvalue weighted by Gasteiger charge is -2.13. The quantitative estimate of drug-likeness (QED) is 0.337. The van der Waals surface area contributed by atoms with Gasteiger partial charge in [0.15, 0.2) is 11.6 Å². The number of anilines is 1. The molecule has 4 N–H and O–H groups in total. The molecule has 1 amide bonds. The largest absolute Gasteiger partial charge is 0.478 e. The number of H-pyrrole nitrogens is 1. The van der Waals surface area contributed by atoms with E-state index < -0.39 is 29.5 Å². The van der Waals surface area contributed by atoms with Gasteiger partial charge in [0.25, 0.3) is 5.91 Å². The number of carboxylic acid groups (broad SMARTS) is 2. The van der Waals surface area contributed by atoms with E-state index >= 15 is 0 Å². The fraction of sp³-hybridized carbons (Fsp3) is 0. The van der Waals surface area contributed by atoms with E-state index in [-0.39, 0.29) is 27.9 Å². The molecule has 4 aromatic rings. The van der Waals surface area contributed by atoms with Crippen molar-refractivity contribution < 1.29 is 33.4 Å². The third-order valence-corrected chi connectivity index (χ3v) is 4.96. The van der Waals surface area contributed by atoms with Gasteiger partial charge in [-0.2, -0.15) is 15.4 Å². The predicted molar refractivity (Wildman–Crippen MR) is 115 cm³/mol. The summed E-state index contributed by atoms with van der Waals surface area (Å²) in [6.45, 7) is 0. The molecule has 9 nitrogen and oxygen atoms in total. The molecule has 34 heavy (non-hydrogen) atoms. The third kappa shape index (κ3) is 4.35. The molecule has 0 atom stereocenters. The number of carboxylic acids is 2. The van der Waals surface area contributed by atoms with E-state index in [1.54, 1.807) is 0 Å². The van der Waals surface area contributed by atoms with Crippen LogP contribution in [0.25, 0.3) is 22.4 Å². The molecule has 170 valence electrons. The Hall–Kier alpha value is -4.93. The molecule has 1 aromatic heterocycles. The lowest BCUT2D eigenvalue weighted by atomic mass is 10.00. The molecule has 0 bridgehead atoms. The van der Waals surface area contributed by atoms with Crippen LogP contribution in [0.5, 0.6) is 0 Å². The first kappa shape index (κ1) is 22.3. The van der Waals surface area contributed by atoms with Gasteiger partial charge in [-0.15, -0.1) is 0 Å². The van der Waals surface area contributed by atoms with Gasteiger partial charge in [-0.1, -0.05) is 18.2 Å². The van der Waals surface area contributed by atoms with Crippen molar-refractivity contribution in [1.82, 2.24) is 15.4 Å². The Balaban J connectivity index is 1.72. The minimum absolute atomic E-state index is 0.156. The predicted octanol–water partition coefficient (Wildman–Crippen LogP) is 4.07. The molecule has 11 heteroatoms. The normalized spacial score (nSPS) is 10.6. The number of amides is 1. The van der Waals surface area contributed by atoms with Gasteiger partial charge in [-0.05, 0) is 47.5 Å². The summed E-state index contributed by atoms with van der Waals surface area (Å²) in [6, 6.07) is 11.0. The molecule has 0 radical (unpaired) electrons.